The van der Waals surface area contributed by atoms with Crippen LogP contribution in [-0.4, -0.2) is 66.4 Å². The van der Waals surface area contributed by atoms with Gasteiger partial charge in [-0.15, -0.1) is 0 Å². The van der Waals surface area contributed by atoms with Crippen molar-refractivity contribution in [1.29, 1.82) is 5.26 Å². The number of carbonyl (C=O) groups is 1. The minimum atomic E-state index is -0.353. The highest BCUT2D eigenvalue weighted by atomic mass is 16.2. The van der Waals surface area contributed by atoms with Crippen LogP contribution in [0.3, 0.4) is 0 Å². The topological polar surface area (TPSA) is 50.6 Å². The number of rotatable bonds is 3. The van der Waals surface area contributed by atoms with E-state index < -0.39 is 0 Å². The van der Waals surface area contributed by atoms with Crippen molar-refractivity contribution in [2.24, 2.45) is 5.41 Å². The maximum atomic E-state index is 13.0. The van der Waals surface area contributed by atoms with Crippen molar-refractivity contribution < 1.29 is 4.79 Å². The molecule has 2 saturated heterocycles. The Morgan fingerprint density at radius 1 is 1.15 bits per heavy atom. The largest absolute Gasteiger partial charge is 0.322 e. The van der Waals surface area contributed by atoms with Gasteiger partial charge in [0.2, 0.25) is 0 Å². The zero-order valence-corrected chi connectivity index (χ0v) is 16.2. The lowest BCUT2D eigenvalue weighted by Crippen LogP contribution is -2.51. The lowest BCUT2D eigenvalue weighted by Gasteiger charge is -2.42. The van der Waals surface area contributed by atoms with E-state index in [0.717, 1.165) is 45.6 Å². The van der Waals surface area contributed by atoms with Gasteiger partial charge in [-0.2, -0.15) is 5.26 Å². The van der Waals surface area contributed by atoms with Gasteiger partial charge in [-0.3, -0.25) is 9.69 Å². The maximum Gasteiger partial charge on any atom is 0.254 e. The monoisotopic (exact) mass is 354 g/mol. The van der Waals surface area contributed by atoms with E-state index in [1.807, 2.05) is 12.1 Å². The van der Waals surface area contributed by atoms with Crippen molar-refractivity contribution in [1.82, 2.24) is 14.7 Å². The Bertz CT molecular complexity index is 668. The van der Waals surface area contributed by atoms with E-state index in [-0.39, 0.29) is 17.4 Å². The van der Waals surface area contributed by atoms with Crippen molar-refractivity contribution in [2.75, 3.05) is 39.8 Å². The van der Waals surface area contributed by atoms with Crippen molar-refractivity contribution in [3.05, 3.63) is 35.4 Å². The molecule has 0 bridgehead atoms. The van der Waals surface area contributed by atoms with Gasteiger partial charge in [0.05, 0.1) is 6.07 Å². The molecule has 2 aliphatic heterocycles. The van der Waals surface area contributed by atoms with Crippen LogP contribution in [-0.2, 0) is 6.54 Å². The van der Waals surface area contributed by atoms with E-state index in [9.17, 15) is 10.1 Å². The Kier molecular flexibility index (Phi) is 5.64. The number of likely N-dealkylation sites (tertiary alicyclic amines) is 1. The number of nitrogens with zero attached hydrogens (tertiary/aromatic N) is 4. The first kappa shape index (κ1) is 18.9. The first-order valence-corrected chi connectivity index (χ1v) is 9.61. The van der Waals surface area contributed by atoms with E-state index in [0.29, 0.717) is 12.1 Å². The average molecular weight is 354 g/mol. The molecule has 1 atom stereocenters. The van der Waals surface area contributed by atoms with Gasteiger partial charge in [-0.05, 0) is 43.0 Å². The summed E-state index contributed by atoms with van der Waals surface area (Å²) in [5.74, 6) is -0.0181. The quantitative estimate of drug-likeness (QED) is 0.837. The Hall–Kier alpha value is -1.90. The van der Waals surface area contributed by atoms with Crippen molar-refractivity contribution in [3.8, 4) is 6.07 Å². The molecule has 2 aliphatic rings. The molecule has 5 nitrogen and oxygen atoms in total. The molecule has 1 aromatic carbocycles. The first-order valence-electron chi connectivity index (χ1n) is 9.61. The normalized spacial score (nSPS) is 24.2. The summed E-state index contributed by atoms with van der Waals surface area (Å²) in [6, 6.07) is 9.96. The molecule has 3 rings (SSSR count). The van der Waals surface area contributed by atoms with E-state index in [2.05, 4.69) is 48.9 Å². The Labute approximate surface area is 157 Å². The highest BCUT2D eigenvalue weighted by molar-refractivity contribution is 5.94. The zero-order chi connectivity index (χ0) is 18.7. The van der Waals surface area contributed by atoms with Gasteiger partial charge in [0, 0.05) is 44.8 Å². The number of hydrogen-bond acceptors (Lipinski definition) is 4. The zero-order valence-electron chi connectivity index (χ0n) is 16.2. The molecule has 0 saturated carbocycles. The third-order valence-electron chi connectivity index (χ3n) is 5.86. The molecular weight excluding hydrogens is 324 g/mol. The Balaban J connectivity index is 1.66. The number of hydrogen-bond donors (Lipinski definition) is 0. The number of nitriles is 1. The summed E-state index contributed by atoms with van der Waals surface area (Å²) < 4.78 is 0. The van der Waals surface area contributed by atoms with E-state index in [1.54, 1.807) is 4.90 Å². The predicted octanol–water partition coefficient (Wildman–Crippen LogP) is 2.59. The summed E-state index contributed by atoms with van der Waals surface area (Å²) in [4.78, 5) is 19.5. The number of benzene rings is 1. The minimum absolute atomic E-state index is 0.0181. The molecule has 0 spiro atoms. The molecule has 26 heavy (non-hydrogen) atoms. The van der Waals surface area contributed by atoms with E-state index in [4.69, 9.17) is 0 Å². The molecule has 1 amide bonds. The summed E-state index contributed by atoms with van der Waals surface area (Å²) in [6.45, 7) is 10.2. The summed E-state index contributed by atoms with van der Waals surface area (Å²) in [5.41, 5.74) is 1.77. The average Bonchev–Trinajstić information content (AvgIpc) is 2.63. The summed E-state index contributed by atoms with van der Waals surface area (Å²) >= 11 is 0. The van der Waals surface area contributed by atoms with Crippen molar-refractivity contribution in [3.63, 3.8) is 0 Å². The SMILES string of the molecule is CN1CCN(Cc2ccc(C(=O)N3CCCC(C)(C)C3C#N)cc2)CC1. The van der Waals surface area contributed by atoms with E-state index >= 15 is 0 Å². The molecule has 140 valence electrons. The summed E-state index contributed by atoms with van der Waals surface area (Å²) in [5, 5.41) is 9.59. The van der Waals surface area contributed by atoms with Gasteiger partial charge >= 0.3 is 0 Å². The molecule has 1 unspecified atom stereocenters. The second-order valence-corrected chi connectivity index (χ2v) is 8.40. The third-order valence-corrected chi connectivity index (χ3v) is 5.86. The molecule has 2 heterocycles. The van der Waals surface area contributed by atoms with Crippen LogP contribution in [0.2, 0.25) is 0 Å². The molecule has 0 radical (unpaired) electrons. The maximum absolute atomic E-state index is 13.0. The van der Waals surface area contributed by atoms with Gasteiger partial charge in [0.25, 0.3) is 5.91 Å². The number of likely N-dealkylation sites (N-methyl/N-ethyl adjacent to an activating group) is 1. The van der Waals surface area contributed by atoms with Gasteiger partial charge in [0.15, 0.2) is 0 Å². The fourth-order valence-electron chi connectivity index (χ4n) is 4.04. The smallest absolute Gasteiger partial charge is 0.254 e. The van der Waals surface area contributed by atoms with Crippen LogP contribution >= 0.6 is 0 Å². The van der Waals surface area contributed by atoms with Crippen LogP contribution in [0.15, 0.2) is 24.3 Å². The van der Waals surface area contributed by atoms with Crippen LogP contribution in [0.4, 0.5) is 0 Å². The Morgan fingerprint density at radius 3 is 2.42 bits per heavy atom. The molecule has 2 fully saturated rings. The fourth-order valence-corrected chi connectivity index (χ4v) is 4.04. The van der Waals surface area contributed by atoms with Gasteiger partial charge in [0.1, 0.15) is 6.04 Å². The lowest BCUT2D eigenvalue weighted by molar-refractivity contribution is 0.0438. The van der Waals surface area contributed by atoms with E-state index in [1.165, 1.54) is 5.56 Å². The van der Waals surface area contributed by atoms with Crippen LogP contribution in [0.5, 0.6) is 0 Å². The van der Waals surface area contributed by atoms with Crippen molar-refractivity contribution in [2.45, 2.75) is 39.3 Å². The number of piperidine rings is 1. The second-order valence-electron chi connectivity index (χ2n) is 8.40. The molecule has 0 aromatic heterocycles. The van der Waals surface area contributed by atoms with Crippen LogP contribution in [0.1, 0.15) is 42.6 Å². The molecular formula is C21H30N4O. The first-order chi connectivity index (χ1) is 12.4. The van der Waals surface area contributed by atoms with Crippen LogP contribution in [0, 0.1) is 16.7 Å². The second kappa shape index (κ2) is 7.77. The fraction of sp³-hybridized carbons (Fsp3) is 0.619. The molecule has 1 aromatic rings. The number of carbonyl (C=O) groups excluding carboxylic acids is 1. The number of piperazine rings is 1. The highest BCUT2D eigenvalue weighted by Crippen LogP contribution is 2.35. The van der Waals surface area contributed by atoms with Gasteiger partial charge < -0.3 is 9.80 Å². The minimum Gasteiger partial charge on any atom is -0.322 e. The third kappa shape index (κ3) is 4.08. The van der Waals surface area contributed by atoms with Gasteiger partial charge in [-0.1, -0.05) is 26.0 Å². The standard InChI is InChI=1S/C21H30N4O/c1-21(2)9-4-10-25(19(21)15-22)20(26)18-7-5-17(6-8-18)16-24-13-11-23(3)12-14-24/h5-8,19H,4,9-14,16H2,1-3H3. The van der Waals surface area contributed by atoms with Crippen LogP contribution < -0.4 is 0 Å². The molecule has 5 heteroatoms. The lowest BCUT2D eigenvalue weighted by atomic mass is 9.77. The van der Waals surface area contributed by atoms with Crippen LogP contribution in [0.25, 0.3) is 0 Å². The highest BCUT2D eigenvalue weighted by Gasteiger charge is 2.40. The van der Waals surface area contributed by atoms with Crippen molar-refractivity contribution >= 4 is 5.91 Å². The number of amides is 1. The Morgan fingerprint density at radius 2 is 1.81 bits per heavy atom. The predicted molar refractivity (Wildman–Crippen MR) is 103 cm³/mol. The molecule has 0 aliphatic carbocycles. The molecule has 0 N–H and O–H groups in total. The summed E-state index contributed by atoms with van der Waals surface area (Å²) in [7, 11) is 2.16. The van der Waals surface area contributed by atoms with Gasteiger partial charge in [-0.25, -0.2) is 0 Å². The summed E-state index contributed by atoms with van der Waals surface area (Å²) in [6.07, 6.45) is 1.94.